The molecule has 5 nitrogen and oxygen atoms in total. The van der Waals surface area contributed by atoms with Crippen LogP contribution < -0.4 is 10.6 Å². The highest BCUT2D eigenvalue weighted by Crippen LogP contribution is 2.14. The second-order valence-electron chi connectivity index (χ2n) is 6.57. The molecule has 0 saturated carbocycles. The van der Waals surface area contributed by atoms with Gasteiger partial charge in [-0.1, -0.05) is 30.3 Å². The minimum atomic E-state index is 0.322. The topological polar surface area (TPSA) is 54.9 Å². The first-order valence-corrected chi connectivity index (χ1v) is 10.5. The van der Waals surface area contributed by atoms with Gasteiger partial charge in [0.05, 0.1) is 25.8 Å². The molecular weight excluding hydrogens is 358 g/mol. The van der Waals surface area contributed by atoms with Crippen molar-refractivity contribution in [2.75, 3.05) is 19.8 Å². The molecule has 146 valence electrons. The van der Waals surface area contributed by atoms with E-state index in [-0.39, 0.29) is 0 Å². The highest BCUT2D eigenvalue weighted by Gasteiger charge is 2.14. The number of hydrogen-bond acceptors (Lipinski definition) is 4. The van der Waals surface area contributed by atoms with E-state index in [0.717, 1.165) is 45.1 Å². The van der Waals surface area contributed by atoms with Crippen molar-refractivity contribution in [1.82, 2.24) is 10.6 Å². The number of rotatable bonds is 8. The largest absolute Gasteiger partial charge is 0.381 e. The second-order valence-corrected chi connectivity index (χ2v) is 7.60. The number of guanidine groups is 1. The third-order valence-corrected chi connectivity index (χ3v) is 5.30. The van der Waals surface area contributed by atoms with Crippen molar-refractivity contribution in [3.63, 3.8) is 0 Å². The highest BCUT2D eigenvalue weighted by atomic mass is 32.1. The van der Waals surface area contributed by atoms with E-state index in [2.05, 4.69) is 59.3 Å². The maximum Gasteiger partial charge on any atom is 0.191 e. The molecule has 2 N–H and O–H groups in total. The first-order valence-electron chi connectivity index (χ1n) is 9.65. The van der Waals surface area contributed by atoms with E-state index in [4.69, 9.17) is 14.5 Å². The maximum atomic E-state index is 6.03. The number of thiophene rings is 1. The zero-order chi connectivity index (χ0) is 18.7. The molecule has 0 aliphatic carbocycles. The molecule has 0 unspecified atom stereocenters. The third-order valence-electron chi connectivity index (χ3n) is 4.42. The van der Waals surface area contributed by atoms with Gasteiger partial charge in [-0.2, -0.15) is 0 Å². The van der Waals surface area contributed by atoms with Crippen molar-refractivity contribution in [2.45, 2.75) is 45.6 Å². The van der Waals surface area contributed by atoms with E-state index in [0.29, 0.717) is 19.3 Å². The smallest absolute Gasteiger partial charge is 0.191 e. The zero-order valence-corrected chi connectivity index (χ0v) is 16.8. The molecule has 1 aliphatic rings. The van der Waals surface area contributed by atoms with Gasteiger partial charge < -0.3 is 20.1 Å². The monoisotopic (exact) mass is 387 g/mol. The molecule has 1 aliphatic heterocycles. The lowest BCUT2D eigenvalue weighted by atomic mass is 10.1. The van der Waals surface area contributed by atoms with Gasteiger partial charge in [-0.3, -0.25) is 0 Å². The summed E-state index contributed by atoms with van der Waals surface area (Å²) in [7, 11) is 0. The summed E-state index contributed by atoms with van der Waals surface area (Å²) in [6, 6.07) is 12.7. The molecule has 0 amide bonds. The number of hydrogen-bond donors (Lipinski definition) is 2. The summed E-state index contributed by atoms with van der Waals surface area (Å²) in [5, 5.41) is 8.79. The Kier molecular flexibility index (Phi) is 8.14. The van der Waals surface area contributed by atoms with Crippen molar-refractivity contribution in [1.29, 1.82) is 0 Å². The standard InChI is InChI=1S/C21H29N3O2S/c1-2-22-21(24-15-20-7-4-12-27-20)23-14-17-5-3-6-18(13-17)16-26-19-8-10-25-11-9-19/h3-7,12-13,19H,2,8-11,14-16H2,1H3,(H2,22,23,24). The molecule has 1 aromatic heterocycles. The summed E-state index contributed by atoms with van der Waals surface area (Å²) in [5.41, 5.74) is 2.39. The van der Waals surface area contributed by atoms with Gasteiger partial charge in [-0.15, -0.1) is 11.3 Å². The van der Waals surface area contributed by atoms with E-state index in [1.807, 2.05) is 0 Å². The Labute approximate surface area is 165 Å². The van der Waals surface area contributed by atoms with Gasteiger partial charge in [-0.05, 0) is 42.3 Å². The SMILES string of the molecule is CCNC(=NCc1cccc(COC2CCOCC2)c1)NCc1cccs1. The van der Waals surface area contributed by atoms with Crippen LogP contribution in [-0.2, 0) is 29.2 Å². The fraction of sp³-hybridized carbons (Fsp3) is 0.476. The lowest BCUT2D eigenvalue weighted by Gasteiger charge is -2.22. The molecule has 1 fully saturated rings. The van der Waals surface area contributed by atoms with Crippen LogP contribution in [0.25, 0.3) is 0 Å². The summed E-state index contributed by atoms with van der Waals surface area (Å²) in [5.74, 6) is 0.842. The summed E-state index contributed by atoms with van der Waals surface area (Å²) in [6.45, 7) is 6.63. The normalized spacial score (nSPS) is 15.7. The van der Waals surface area contributed by atoms with Crippen LogP contribution >= 0.6 is 11.3 Å². The average Bonchev–Trinajstić information content (AvgIpc) is 3.23. The minimum absolute atomic E-state index is 0.322. The Hall–Kier alpha value is -1.89. The van der Waals surface area contributed by atoms with E-state index < -0.39 is 0 Å². The first kappa shape index (κ1) is 19.9. The fourth-order valence-electron chi connectivity index (χ4n) is 2.97. The van der Waals surface area contributed by atoms with Gasteiger partial charge in [0, 0.05) is 24.6 Å². The minimum Gasteiger partial charge on any atom is -0.381 e. The maximum absolute atomic E-state index is 6.03. The van der Waals surface area contributed by atoms with Crippen LogP contribution in [0.4, 0.5) is 0 Å². The van der Waals surface area contributed by atoms with Crippen molar-refractivity contribution in [3.05, 3.63) is 57.8 Å². The Morgan fingerprint density at radius 1 is 1.19 bits per heavy atom. The summed E-state index contributed by atoms with van der Waals surface area (Å²) in [4.78, 5) is 6.01. The molecule has 0 atom stereocenters. The predicted molar refractivity (Wildman–Crippen MR) is 111 cm³/mol. The number of nitrogens with one attached hydrogen (secondary N) is 2. The van der Waals surface area contributed by atoms with Crippen molar-refractivity contribution in [2.24, 2.45) is 4.99 Å². The van der Waals surface area contributed by atoms with Gasteiger partial charge in [0.2, 0.25) is 0 Å². The van der Waals surface area contributed by atoms with Crippen LogP contribution in [-0.4, -0.2) is 31.8 Å². The van der Waals surface area contributed by atoms with Crippen LogP contribution in [0.1, 0.15) is 35.8 Å². The van der Waals surface area contributed by atoms with Gasteiger partial charge in [0.15, 0.2) is 5.96 Å². The molecular formula is C21H29N3O2S. The van der Waals surface area contributed by atoms with Gasteiger partial charge in [0.1, 0.15) is 0 Å². The molecule has 1 aromatic carbocycles. The summed E-state index contributed by atoms with van der Waals surface area (Å²) in [6.07, 6.45) is 2.31. The molecule has 2 aromatic rings. The average molecular weight is 388 g/mol. The highest BCUT2D eigenvalue weighted by molar-refractivity contribution is 7.09. The third kappa shape index (κ3) is 6.97. The van der Waals surface area contributed by atoms with Crippen LogP contribution in [0.15, 0.2) is 46.8 Å². The molecule has 1 saturated heterocycles. The molecule has 3 rings (SSSR count). The van der Waals surface area contributed by atoms with Crippen LogP contribution in [0.5, 0.6) is 0 Å². The lowest BCUT2D eigenvalue weighted by molar-refractivity contribution is -0.0390. The van der Waals surface area contributed by atoms with E-state index in [1.54, 1.807) is 11.3 Å². The molecule has 2 heterocycles. The van der Waals surface area contributed by atoms with Gasteiger partial charge in [-0.25, -0.2) is 4.99 Å². The summed E-state index contributed by atoms with van der Waals surface area (Å²) < 4.78 is 11.4. The van der Waals surface area contributed by atoms with Crippen molar-refractivity contribution >= 4 is 17.3 Å². The fourth-order valence-corrected chi connectivity index (χ4v) is 3.62. The van der Waals surface area contributed by atoms with Gasteiger partial charge >= 0.3 is 0 Å². The van der Waals surface area contributed by atoms with E-state index in [1.165, 1.54) is 16.0 Å². The Balaban J connectivity index is 1.52. The Bertz CT molecular complexity index is 697. The van der Waals surface area contributed by atoms with Crippen molar-refractivity contribution in [3.8, 4) is 0 Å². The molecule has 27 heavy (non-hydrogen) atoms. The Morgan fingerprint density at radius 2 is 2.04 bits per heavy atom. The van der Waals surface area contributed by atoms with Crippen LogP contribution in [0.3, 0.4) is 0 Å². The predicted octanol–water partition coefficient (Wildman–Crippen LogP) is 3.70. The number of benzene rings is 1. The lowest BCUT2D eigenvalue weighted by Crippen LogP contribution is -2.36. The van der Waals surface area contributed by atoms with Crippen LogP contribution in [0, 0.1) is 0 Å². The number of nitrogens with zero attached hydrogens (tertiary/aromatic N) is 1. The molecule has 0 radical (unpaired) electrons. The zero-order valence-electron chi connectivity index (χ0n) is 15.9. The van der Waals surface area contributed by atoms with Gasteiger partial charge in [0.25, 0.3) is 0 Å². The molecule has 6 heteroatoms. The first-order chi connectivity index (χ1) is 13.3. The quantitative estimate of drug-likeness (QED) is 0.536. The van der Waals surface area contributed by atoms with Crippen LogP contribution in [0.2, 0.25) is 0 Å². The number of aliphatic imine (C=N–C) groups is 1. The second kappa shape index (κ2) is 11.1. The Morgan fingerprint density at radius 3 is 2.81 bits per heavy atom. The van der Waals surface area contributed by atoms with E-state index >= 15 is 0 Å². The molecule has 0 bridgehead atoms. The summed E-state index contributed by atoms with van der Waals surface area (Å²) >= 11 is 1.75. The van der Waals surface area contributed by atoms with E-state index in [9.17, 15) is 0 Å². The molecule has 0 spiro atoms. The van der Waals surface area contributed by atoms with Crippen molar-refractivity contribution < 1.29 is 9.47 Å². The number of ether oxygens (including phenoxy) is 2.